The van der Waals surface area contributed by atoms with Gasteiger partial charge < -0.3 is 0 Å². The van der Waals surface area contributed by atoms with Crippen LogP contribution in [0.25, 0.3) is 34.9 Å². The van der Waals surface area contributed by atoms with E-state index in [1.807, 2.05) is 0 Å². The van der Waals surface area contributed by atoms with Crippen LogP contribution in [-0.2, 0) is 0 Å². The number of hydrogen-bond acceptors (Lipinski definition) is 12. The number of tetrazole rings is 3. The highest BCUT2D eigenvalue weighted by Crippen LogP contribution is 2.17. The van der Waals surface area contributed by atoms with E-state index in [1.54, 1.807) is 0 Å². The SMILES string of the molecule is n1nc(-c2nc(-c3nn[nH]n3)nc(-c3nn[nH]n3)n2)n[nH]1. The van der Waals surface area contributed by atoms with Crippen molar-refractivity contribution in [2.24, 2.45) is 0 Å². The van der Waals surface area contributed by atoms with Crippen LogP contribution in [0.1, 0.15) is 0 Å². The van der Waals surface area contributed by atoms with Crippen LogP contribution < -0.4 is 0 Å². The molecule has 4 heterocycles. The lowest BCUT2D eigenvalue weighted by Gasteiger charge is -1.99. The summed E-state index contributed by atoms with van der Waals surface area (Å²) in [5.74, 6) is 0.973. The molecule has 0 fully saturated rings. The molecule has 15 heteroatoms. The van der Waals surface area contributed by atoms with Crippen molar-refractivity contribution >= 4 is 0 Å². The zero-order valence-electron chi connectivity index (χ0n) is 9.87. The number of nitrogens with zero attached hydrogens (tertiary/aromatic N) is 12. The zero-order chi connectivity index (χ0) is 14.1. The molecule has 0 aliphatic rings. The van der Waals surface area contributed by atoms with Crippen molar-refractivity contribution in [3.63, 3.8) is 0 Å². The molecule has 0 amide bonds. The van der Waals surface area contributed by atoms with E-state index in [9.17, 15) is 0 Å². The molecular formula is C6H3N15. The van der Waals surface area contributed by atoms with Gasteiger partial charge in [0.05, 0.1) is 0 Å². The average Bonchev–Trinajstić information content (AvgIpc) is 3.29. The molecule has 102 valence electrons. The summed E-state index contributed by atoms with van der Waals surface area (Å²) >= 11 is 0. The lowest BCUT2D eigenvalue weighted by molar-refractivity contribution is 0.881. The van der Waals surface area contributed by atoms with E-state index in [0.717, 1.165) is 0 Å². The third-order valence-corrected chi connectivity index (χ3v) is 2.27. The molecular weight excluding hydrogens is 282 g/mol. The van der Waals surface area contributed by atoms with Crippen molar-refractivity contribution in [2.45, 2.75) is 0 Å². The van der Waals surface area contributed by atoms with Crippen molar-refractivity contribution < 1.29 is 0 Å². The molecule has 0 radical (unpaired) electrons. The molecule has 0 saturated carbocycles. The van der Waals surface area contributed by atoms with Crippen LogP contribution >= 0.6 is 0 Å². The van der Waals surface area contributed by atoms with E-state index >= 15 is 0 Å². The summed E-state index contributed by atoms with van der Waals surface area (Å²) in [7, 11) is 0. The second-order valence-corrected chi connectivity index (χ2v) is 3.51. The van der Waals surface area contributed by atoms with Crippen molar-refractivity contribution in [2.75, 3.05) is 0 Å². The van der Waals surface area contributed by atoms with E-state index in [4.69, 9.17) is 0 Å². The van der Waals surface area contributed by atoms with Crippen LogP contribution in [0.15, 0.2) is 0 Å². The van der Waals surface area contributed by atoms with Crippen LogP contribution in [0.4, 0.5) is 0 Å². The Balaban J connectivity index is 1.92. The van der Waals surface area contributed by atoms with Crippen molar-refractivity contribution in [1.82, 2.24) is 76.8 Å². The Labute approximate surface area is 113 Å². The highest BCUT2D eigenvalue weighted by molar-refractivity contribution is 5.55. The number of rotatable bonds is 3. The maximum atomic E-state index is 4.15. The van der Waals surface area contributed by atoms with Gasteiger partial charge in [0.25, 0.3) is 0 Å². The summed E-state index contributed by atoms with van der Waals surface area (Å²) in [4.78, 5) is 12.4. The molecule has 0 aromatic carbocycles. The lowest BCUT2D eigenvalue weighted by atomic mass is 10.4. The Morgan fingerprint density at radius 3 is 1.00 bits per heavy atom. The highest BCUT2D eigenvalue weighted by atomic mass is 15.5. The summed E-state index contributed by atoms with van der Waals surface area (Å²) < 4.78 is 0. The number of hydrogen-bond donors (Lipinski definition) is 3. The first-order valence-corrected chi connectivity index (χ1v) is 5.37. The molecule has 4 aromatic heterocycles. The van der Waals surface area contributed by atoms with Gasteiger partial charge in [0, 0.05) is 0 Å². The summed E-state index contributed by atoms with van der Waals surface area (Å²) in [6.07, 6.45) is 0. The molecule has 0 spiro atoms. The molecule has 0 aliphatic carbocycles. The molecule has 0 bridgehead atoms. The second kappa shape index (κ2) is 4.40. The second-order valence-electron chi connectivity index (χ2n) is 3.51. The molecule has 21 heavy (non-hydrogen) atoms. The fourth-order valence-electron chi connectivity index (χ4n) is 1.45. The molecule has 0 saturated heterocycles. The van der Waals surface area contributed by atoms with Gasteiger partial charge in [0.2, 0.25) is 34.9 Å². The lowest BCUT2D eigenvalue weighted by Crippen LogP contribution is -2.02. The van der Waals surface area contributed by atoms with Crippen LogP contribution in [0.3, 0.4) is 0 Å². The van der Waals surface area contributed by atoms with Gasteiger partial charge in [-0.3, -0.25) is 0 Å². The minimum Gasteiger partial charge on any atom is -0.202 e. The van der Waals surface area contributed by atoms with Gasteiger partial charge >= 0.3 is 0 Å². The van der Waals surface area contributed by atoms with Crippen LogP contribution in [0.2, 0.25) is 0 Å². The molecule has 4 rings (SSSR count). The third-order valence-electron chi connectivity index (χ3n) is 2.27. The van der Waals surface area contributed by atoms with Gasteiger partial charge in [-0.15, -0.1) is 30.6 Å². The molecule has 0 atom stereocenters. The Hall–Kier alpha value is -3.78. The van der Waals surface area contributed by atoms with Gasteiger partial charge in [0.15, 0.2) is 0 Å². The first-order valence-electron chi connectivity index (χ1n) is 5.37. The van der Waals surface area contributed by atoms with Crippen molar-refractivity contribution in [1.29, 1.82) is 0 Å². The summed E-state index contributed by atoms with van der Waals surface area (Å²) in [6.45, 7) is 0. The summed E-state index contributed by atoms with van der Waals surface area (Å²) in [5.41, 5.74) is 0. The fourth-order valence-corrected chi connectivity index (χ4v) is 1.45. The van der Waals surface area contributed by atoms with E-state index in [0.29, 0.717) is 0 Å². The molecule has 4 aromatic rings. The first-order chi connectivity index (χ1) is 10.4. The molecule has 0 aliphatic heterocycles. The molecule has 3 N–H and O–H groups in total. The van der Waals surface area contributed by atoms with Crippen LogP contribution in [-0.4, -0.2) is 76.8 Å². The quantitative estimate of drug-likeness (QED) is 0.355. The number of H-pyrrole nitrogens is 3. The van der Waals surface area contributed by atoms with E-state index in [1.165, 1.54) is 0 Å². The topological polar surface area (TPSA) is 202 Å². The van der Waals surface area contributed by atoms with E-state index < -0.39 is 0 Å². The smallest absolute Gasteiger partial charge is 0.202 e. The first kappa shape index (κ1) is 11.1. The maximum Gasteiger partial charge on any atom is 0.241 e. The maximum absolute atomic E-state index is 4.15. The van der Waals surface area contributed by atoms with Crippen molar-refractivity contribution in [3.8, 4) is 34.9 Å². The van der Waals surface area contributed by atoms with E-state index in [-0.39, 0.29) is 34.9 Å². The number of aromatic amines is 3. The van der Waals surface area contributed by atoms with Crippen LogP contribution in [0, 0.1) is 0 Å². The number of aromatic nitrogens is 15. The van der Waals surface area contributed by atoms with Gasteiger partial charge in [-0.2, -0.15) is 15.6 Å². The highest BCUT2D eigenvalue weighted by Gasteiger charge is 2.18. The predicted molar refractivity (Wildman–Crippen MR) is 59.3 cm³/mol. The molecule has 15 nitrogen and oxygen atoms in total. The monoisotopic (exact) mass is 285 g/mol. The Morgan fingerprint density at radius 2 is 0.762 bits per heavy atom. The third kappa shape index (κ3) is 1.93. The summed E-state index contributed by atoms with van der Waals surface area (Å²) in [5, 5.41) is 40.1. The minimum atomic E-state index is 0.151. The Kier molecular flexibility index (Phi) is 2.32. The minimum absolute atomic E-state index is 0.151. The Morgan fingerprint density at radius 1 is 0.429 bits per heavy atom. The van der Waals surface area contributed by atoms with E-state index in [2.05, 4.69) is 76.8 Å². The largest absolute Gasteiger partial charge is 0.241 e. The van der Waals surface area contributed by atoms with Gasteiger partial charge in [0.1, 0.15) is 0 Å². The fraction of sp³-hybridized carbons (Fsp3) is 0. The van der Waals surface area contributed by atoms with Crippen molar-refractivity contribution in [3.05, 3.63) is 0 Å². The standard InChI is InChI=1S/C6H3N15/c7-1(4-10-16-17-11-4)8-3(6-14-20-21-15-6)9-2(7)5-12-18-19-13-5/h(H,10,11,16,17)(H,12,13,18,19)(H,14,15,20,21). The normalized spacial score (nSPS) is 10.9. The van der Waals surface area contributed by atoms with Gasteiger partial charge in [-0.1, -0.05) is 0 Å². The molecule has 0 unspecified atom stereocenters. The number of nitrogens with one attached hydrogen (secondary N) is 3. The zero-order valence-corrected chi connectivity index (χ0v) is 9.87. The van der Waals surface area contributed by atoms with Gasteiger partial charge in [-0.05, 0) is 15.6 Å². The average molecular weight is 285 g/mol. The van der Waals surface area contributed by atoms with Crippen LogP contribution in [0.5, 0.6) is 0 Å². The Bertz CT molecular complexity index is 701. The summed E-state index contributed by atoms with van der Waals surface area (Å²) in [6, 6.07) is 0. The van der Waals surface area contributed by atoms with Gasteiger partial charge in [-0.25, -0.2) is 15.0 Å². The predicted octanol–water partition coefficient (Wildman–Crippen LogP) is -2.59.